The first kappa shape index (κ1) is 13.9. The first-order valence-corrected chi connectivity index (χ1v) is 5.73. The van der Waals surface area contributed by atoms with Crippen molar-refractivity contribution >= 4 is 5.97 Å². The average molecular weight is 279 g/mol. The minimum Gasteiger partial charge on any atom is -0.469 e. The van der Waals surface area contributed by atoms with Crippen LogP contribution in [-0.2, 0) is 16.0 Å². The second-order valence-corrected chi connectivity index (χ2v) is 3.93. The van der Waals surface area contributed by atoms with Crippen molar-refractivity contribution in [2.24, 2.45) is 0 Å². The summed E-state index contributed by atoms with van der Waals surface area (Å²) in [5.41, 5.74) is 0.436. The lowest BCUT2D eigenvalue weighted by atomic mass is 10.3. The van der Waals surface area contributed by atoms with Crippen LogP contribution in [0.3, 0.4) is 0 Å². The van der Waals surface area contributed by atoms with Crippen LogP contribution in [0.2, 0.25) is 0 Å². The van der Waals surface area contributed by atoms with Gasteiger partial charge in [0.2, 0.25) is 5.88 Å². The Hall–Kier alpha value is -2.50. The number of hydrogen-bond acceptors (Lipinski definition) is 4. The number of esters is 1. The number of rotatable bonds is 4. The lowest BCUT2D eigenvalue weighted by molar-refractivity contribution is -0.139. The second kappa shape index (κ2) is 6.10. The number of nitrogens with zero attached hydrogens (tertiary/aromatic N) is 1. The highest BCUT2D eigenvalue weighted by atomic mass is 19.1. The number of halogens is 2. The number of carbonyl (C=O) groups excluding carboxylic acids is 1. The molecular formula is C14H11F2NO3. The van der Waals surface area contributed by atoms with Crippen LogP contribution in [0.25, 0.3) is 0 Å². The van der Waals surface area contributed by atoms with Crippen molar-refractivity contribution in [2.45, 2.75) is 6.42 Å². The molecule has 0 spiro atoms. The van der Waals surface area contributed by atoms with Crippen molar-refractivity contribution in [3.63, 3.8) is 0 Å². The molecule has 20 heavy (non-hydrogen) atoms. The molecule has 104 valence electrons. The van der Waals surface area contributed by atoms with Crippen molar-refractivity contribution in [3.8, 4) is 11.6 Å². The molecule has 0 bridgehead atoms. The zero-order valence-electron chi connectivity index (χ0n) is 10.6. The van der Waals surface area contributed by atoms with Gasteiger partial charge in [-0.05, 0) is 6.07 Å². The molecule has 2 rings (SSSR count). The second-order valence-electron chi connectivity index (χ2n) is 3.93. The maximum atomic E-state index is 13.0. The van der Waals surface area contributed by atoms with E-state index in [1.54, 1.807) is 12.1 Å². The predicted molar refractivity (Wildman–Crippen MR) is 66.4 cm³/mol. The highest BCUT2D eigenvalue weighted by molar-refractivity contribution is 5.71. The van der Waals surface area contributed by atoms with E-state index in [9.17, 15) is 13.6 Å². The van der Waals surface area contributed by atoms with E-state index in [1.807, 2.05) is 0 Å². The maximum absolute atomic E-state index is 13.0. The fourth-order valence-corrected chi connectivity index (χ4v) is 1.54. The van der Waals surface area contributed by atoms with E-state index in [1.165, 1.54) is 13.2 Å². The zero-order valence-corrected chi connectivity index (χ0v) is 10.6. The molecule has 1 aromatic carbocycles. The highest BCUT2D eigenvalue weighted by Crippen LogP contribution is 2.21. The number of benzene rings is 1. The Balaban J connectivity index is 2.17. The maximum Gasteiger partial charge on any atom is 0.311 e. The fraction of sp³-hybridized carbons (Fsp3) is 0.143. The molecule has 0 atom stereocenters. The summed E-state index contributed by atoms with van der Waals surface area (Å²) >= 11 is 0. The van der Waals surface area contributed by atoms with E-state index in [2.05, 4.69) is 9.72 Å². The summed E-state index contributed by atoms with van der Waals surface area (Å²) in [6.07, 6.45) is -0.00872. The summed E-state index contributed by atoms with van der Waals surface area (Å²) in [6.45, 7) is 0. The normalized spacial score (nSPS) is 10.2. The molecule has 0 saturated carbocycles. The monoisotopic (exact) mass is 279 g/mol. The van der Waals surface area contributed by atoms with Gasteiger partial charge in [-0.2, -0.15) is 0 Å². The third-order valence-electron chi connectivity index (χ3n) is 2.39. The van der Waals surface area contributed by atoms with Crippen LogP contribution in [0.1, 0.15) is 5.69 Å². The number of hydrogen-bond donors (Lipinski definition) is 0. The van der Waals surface area contributed by atoms with Gasteiger partial charge in [0.15, 0.2) is 0 Å². The summed E-state index contributed by atoms with van der Waals surface area (Å²) in [4.78, 5) is 15.2. The van der Waals surface area contributed by atoms with Crippen LogP contribution >= 0.6 is 0 Å². The van der Waals surface area contributed by atoms with Gasteiger partial charge < -0.3 is 9.47 Å². The number of ether oxygens (including phenoxy) is 2. The summed E-state index contributed by atoms with van der Waals surface area (Å²) < 4.78 is 35.8. The number of aromatic nitrogens is 1. The van der Waals surface area contributed by atoms with Gasteiger partial charge in [0.25, 0.3) is 0 Å². The van der Waals surface area contributed by atoms with Crippen LogP contribution in [-0.4, -0.2) is 18.1 Å². The van der Waals surface area contributed by atoms with Crippen molar-refractivity contribution in [1.82, 2.24) is 4.98 Å². The molecule has 1 heterocycles. The molecule has 0 aliphatic rings. The molecule has 6 heteroatoms. The Morgan fingerprint density at radius 3 is 2.55 bits per heavy atom. The first-order chi connectivity index (χ1) is 9.56. The Bertz CT molecular complexity index is 611. The number of methoxy groups -OCH3 is 1. The largest absolute Gasteiger partial charge is 0.469 e. The molecule has 0 N–H and O–H groups in total. The van der Waals surface area contributed by atoms with Gasteiger partial charge in [-0.3, -0.25) is 4.79 Å². The van der Waals surface area contributed by atoms with Crippen molar-refractivity contribution in [1.29, 1.82) is 0 Å². The Morgan fingerprint density at radius 1 is 1.20 bits per heavy atom. The van der Waals surface area contributed by atoms with Crippen LogP contribution in [0, 0.1) is 11.6 Å². The van der Waals surface area contributed by atoms with Gasteiger partial charge >= 0.3 is 5.97 Å². The minimum absolute atomic E-state index is 0.00872. The van der Waals surface area contributed by atoms with Crippen molar-refractivity contribution < 1.29 is 23.0 Å². The van der Waals surface area contributed by atoms with E-state index < -0.39 is 17.6 Å². The predicted octanol–water partition coefficient (Wildman–Crippen LogP) is 2.87. The van der Waals surface area contributed by atoms with Crippen molar-refractivity contribution in [3.05, 3.63) is 53.7 Å². The van der Waals surface area contributed by atoms with E-state index in [0.29, 0.717) is 5.69 Å². The van der Waals surface area contributed by atoms with E-state index in [4.69, 9.17) is 4.74 Å². The van der Waals surface area contributed by atoms with Gasteiger partial charge in [-0.15, -0.1) is 0 Å². The van der Waals surface area contributed by atoms with Crippen LogP contribution in [0.15, 0.2) is 36.4 Å². The molecule has 0 aliphatic heterocycles. The van der Waals surface area contributed by atoms with E-state index >= 15 is 0 Å². The zero-order chi connectivity index (χ0) is 14.5. The van der Waals surface area contributed by atoms with Crippen LogP contribution < -0.4 is 4.74 Å². The molecule has 0 unspecified atom stereocenters. The Labute approximate surface area is 114 Å². The molecule has 0 saturated heterocycles. The molecule has 4 nitrogen and oxygen atoms in total. The smallest absolute Gasteiger partial charge is 0.311 e. The average Bonchev–Trinajstić information content (AvgIpc) is 2.37. The summed E-state index contributed by atoms with van der Waals surface area (Å²) in [7, 11) is 1.28. The highest BCUT2D eigenvalue weighted by Gasteiger charge is 2.07. The fourth-order valence-electron chi connectivity index (χ4n) is 1.54. The molecule has 0 radical (unpaired) electrons. The van der Waals surface area contributed by atoms with Gasteiger partial charge in [0.1, 0.15) is 17.4 Å². The summed E-state index contributed by atoms with van der Waals surface area (Å²) in [5.74, 6) is -1.80. The molecule has 1 aromatic heterocycles. The van der Waals surface area contributed by atoms with E-state index in [0.717, 1.165) is 18.2 Å². The number of pyridine rings is 1. The van der Waals surface area contributed by atoms with Crippen molar-refractivity contribution in [2.75, 3.05) is 7.11 Å². The third kappa shape index (κ3) is 3.74. The Morgan fingerprint density at radius 2 is 1.90 bits per heavy atom. The molecule has 0 aliphatic carbocycles. The standard InChI is InChI=1S/C14H11F2NO3/c1-19-14(18)8-11-3-2-4-13(17-11)20-12-6-9(15)5-10(16)7-12/h2-7H,8H2,1H3. The molecule has 0 amide bonds. The first-order valence-electron chi connectivity index (χ1n) is 5.73. The van der Waals surface area contributed by atoms with Gasteiger partial charge in [0, 0.05) is 24.3 Å². The molecule has 2 aromatic rings. The van der Waals surface area contributed by atoms with Gasteiger partial charge in [-0.25, -0.2) is 13.8 Å². The van der Waals surface area contributed by atoms with Gasteiger partial charge in [-0.1, -0.05) is 6.07 Å². The van der Waals surface area contributed by atoms with Crippen LogP contribution in [0.4, 0.5) is 8.78 Å². The van der Waals surface area contributed by atoms with E-state index in [-0.39, 0.29) is 18.1 Å². The lowest BCUT2D eigenvalue weighted by Crippen LogP contribution is -2.06. The topological polar surface area (TPSA) is 48.4 Å². The molecular weight excluding hydrogens is 268 g/mol. The van der Waals surface area contributed by atoms with Gasteiger partial charge in [0.05, 0.1) is 19.2 Å². The quantitative estimate of drug-likeness (QED) is 0.807. The lowest BCUT2D eigenvalue weighted by Gasteiger charge is -2.06. The van der Waals surface area contributed by atoms with Crippen LogP contribution in [0.5, 0.6) is 11.6 Å². The molecule has 0 fully saturated rings. The summed E-state index contributed by atoms with van der Waals surface area (Å²) in [6, 6.07) is 7.58. The summed E-state index contributed by atoms with van der Waals surface area (Å²) in [5, 5.41) is 0. The number of carbonyl (C=O) groups is 1. The SMILES string of the molecule is COC(=O)Cc1cccc(Oc2cc(F)cc(F)c2)n1. The Kier molecular flexibility index (Phi) is 4.24. The third-order valence-corrected chi connectivity index (χ3v) is 2.39. The minimum atomic E-state index is -0.745.